The Morgan fingerprint density at radius 1 is 1.32 bits per heavy atom. The molecule has 1 aliphatic rings. The van der Waals surface area contributed by atoms with Crippen molar-refractivity contribution in [3.8, 4) is 0 Å². The van der Waals surface area contributed by atoms with E-state index in [0.717, 1.165) is 38.2 Å². The fraction of sp³-hybridized carbons (Fsp3) is 0.571. The van der Waals surface area contributed by atoms with Gasteiger partial charge in [0, 0.05) is 29.7 Å². The van der Waals surface area contributed by atoms with Crippen LogP contribution in [0.4, 0.5) is 14.5 Å². The zero-order chi connectivity index (χ0) is 13.7. The molecule has 1 aliphatic heterocycles. The zero-order valence-electron chi connectivity index (χ0n) is 11.1. The van der Waals surface area contributed by atoms with Crippen molar-refractivity contribution in [3.63, 3.8) is 0 Å². The smallest absolute Gasteiger partial charge is 0.288 e. The predicted molar refractivity (Wildman–Crippen MR) is 77.1 cm³/mol. The monoisotopic (exact) mass is 286 g/mol. The number of hydrogen-bond donors (Lipinski definition) is 1. The van der Waals surface area contributed by atoms with Crippen LogP contribution in [0.2, 0.25) is 0 Å². The lowest BCUT2D eigenvalue weighted by Crippen LogP contribution is -2.38. The summed E-state index contributed by atoms with van der Waals surface area (Å²) in [4.78, 5) is 3.05. The van der Waals surface area contributed by atoms with Gasteiger partial charge in [0.05, 0.1) is 0 Å². The number of nitrogens with zero attached hydrogens (tertiary/aromatic N) is 1. The highest BCUT2D eigenvalue weighted by Crippen LogP contribution is 2.32. The molecular formula is C14H20F2N2S. The number of rotatable bonds is 5. The molecule has 1 fully saturated rings. The molecule has 5 heteroatoms. The van der Waals surface area contributed by atoms with Gasteiger partial charge < -0.3 is 10.2 Å². The third-order valence-electron chi connectivity index (χ3n) is 3.50. The second-order valence-electron chi connectivity index (χ2n) is 4.73. The van der Waals surface area contributed by atoms with Gasteiger partial charge in [-0.15, -0.1) is 0 Å². The lowest BCUT2D eigenvalue weighted by molar-refractivity contribution is 0.229. The van der Waals surface area contributed by atoms with Crippen LogP contribution in [-0.4, -0.2) is 36.3 Å². The van der Waals surface area contributed by atoms with E-state index in [1.165, 1.54) is 0 Å². The van der Waals surface area contributed by atoms with E-state index in [2.05, 4.69) is 17.1 Å². The molecule has 0 aliphatic carbocycles. The van der Waals surface area contributed by atoms with Crippen LogP contribution in [0.25, 0.3) is 0 Å². The van der Waals surface area contributed by atoms with Crippen molar-refractivity contribution < 1.29 is 8.78 Å². The molecule has 1 aromatic carbocycles. The molecule has 1 saturated heterocycles. The molecule has 106 valence electrons. The van der Waals surface area contributed by atoms with Crippen LogP contribution in [0.3, 0.4) is 0 Å². The van der Waals surface area contributed by atoms with Gasteiger partial charge in [0.2, 0.25) is 0 Å². The van der Waals surface area contributed by atoms with Gasteiger partial charge in [0.15, 0.2) is 0 Å². The first-order chi connectivity index (χ1) is 9.19. The summed E-state index contributed by atoms with van der Waals surface area (Å²) in [6.45, 7) is 5.42. The number of halogens is 2. The van der Waals surface area contributed by atoms with Crippen LogP contribution in [0, 0.1) is 0 Å². The van der Waals surface area contributed by atoms with Crippen LogP contribution in [0.5, 0.6) is 0 Å². The molecule has 1 aromatic rings. The standard InChI is InChI=1S/C14H20F2N2S/c1-2-18-9-7-11(8-10-18)17-12-5-3-4-6-13(12)19-14(15)16/h3-6,11,14,17H,2,7-10H2,1H3. The molecular weight excluding hydrogens is 266 g/mol. The Balaban J connectivity index is 1.95. The maximum atomic E-state index is 12.5. The van der Waals surface area contributed by atoms with Crippen LogP contribution >= 0.6 is 11.8 Å². The lowest BCUT2D eigenvalue weighted by Gasteiger charge is -2.32. The summed E-state index contributed by atoms with van der Waals surface area (Å²) in [7, 11) is 0. The molecule has 1 N–H and O–H groups in total. The summed E-state index contributed by atoms with van der Waals surface area (Å²) >= 11 is 0.612. The highest BCUT2D eigenvalue weighted by atomic mass is 32.2. The third kappa shape index (κ3) is 4.35. The van der Waals surface area contributed by atoms with Crippen molar-refractivity contribution in [1.82, 2.24) is 4.90 Å². The highest BCUT2D eigenvalue weighted by molar-refractivity contribution is 7.99. The second-order valence-corrected chi connectivity index (χ2v) is 5.76. The van der Waals surface area contributed by atoms with Gasteiger partial charge >= 0.3 is 0 Å². The number of piperidine rings is 1. The Bertz CT molecular complexity index is 393. The topological polar surface area (TPSA) is 15.3 Å². The van der Waals surface area contributed by atoms with Gasteiger partial charge in [-0.2, -0.15) is 8.78 Å². The molecule has 2 rings (SSSR count). The number of hydrogen-bond acceptors (Lipinski definition) is 3. The number of benzene rings is 1. The Labute approximate surface area is 117 Å². The van der Waals surface area contributed by atoms with E-state index in [1.54, 1.807) is 12.1 Å². The first-order valence-electron chi connectivity index (χ1n) is 6.71. The number of para-hydroxylation sites is 1. The van der Waals surface area contributed by atoms with Crippen LogP contribution < -0.4 is 5.32 Å². The van der Waals surface area contributed by atoms with E-state index < -0.39 is 5.76 Å². The largest absolute Gasteiger partial charge is 0.381 e. The molecule has 0 bridgehead atoms. The predicted octanol–water partition coefficient (Wildman–Crippen LogP) is 3.90. The summed E-state index contributed by atoms with van der Waals surface area (Å²) in [6.07, 6.45) is 2.14. The van der Waals surface area contributed by atoms with Crippen LogP contribution in [0.1, 0.15) is 19.8 Å². The zero-order valence-corrected chi connectivity index (χ0v) is 11.9. The van der Waals surface area contributed by atoms with Crippen molar-refractivity contribution >= 4 is 17.4 Å². The summed E-state index contributed by atoms with van der Waals surface area (Å²) in [5.74, 6) is -2.37. The fourth-order valence-corrected chi connectivity index (χ4v) is 3.00. The Morgan fingerprint density at radius 2 is 2.00 bits per heavy atom. The van der Waals surface area contributed by atoms with Gasteiger partial charge in [-0.25, -0.2) is 0 Å². The lowest BCUT2D eigenvalue weighted by atomic mass is 10.0. The number of alkyl halides is 2. The average molecular weight is 286 g/mol. The van der Waals surface area contributed by atoms with Gasteiger partial charge in [0.1, 0.15) is 0 Å². The SMILES string of the molecule is CCN1CCC(Nc2ccccc2SC(F)F)CC1. The molecule has 0 radical (unpaired) electrons. The van der Waals surface area contributed by atoms with Crippen molar-refractivity contribution in [2.75, 3.05) is 25.0 Å². The van der Waals surface area contributed by atoms with Gasteiger partial charge in [-0.3, -0.25) is 0 Å². The maximum absolute atomic E-state index is 12.5. The fourth-order valence-electron chi connectivity index (χ4n) is 2.40. The maximum Gasteiger partial charge on any atom is 0.288 e. The van der Waals surface area contributed by atoms with Crippen molar-refractivity contribution in [3.05, 3.63) is 24.3 Å². The molecule has 0 unspecified atom stereocenters. The van der Waals surface area contributed by atoms with Crippen molar-refractivity contribution in [2.45, 2.75) is 36.5 Å². The summed E-state index contributed by atoms with van der Waals surface area (Å²) in [6, 6.07) is 7.72. The number of nitrogens with one attached hydrogen (secondary N) is 1. The van der Waals surface area contributed by atoms with Gasteiger partial charge in [0.25, 0.3) is 5.76 Å². The van der Waals surface area contributed by atoms with Crippen LogP contribution in [-0.2, 0) is 0 Å². The summed E-state index contributed by atoms with van der Waals surface area (Å²) in [5, 5.41) is 3.42. The van der Waals surface area contributed by atoms with Crippen LogP contribution in [0.15, 0.2) is 29.2 Å². The number of likely N-dealkylation sites (tertiary alicyclic amines) is 1. The Hall–Kier alpha value is -0.810. The number of anilines is 1. The van der Waals surface area contributed by atoms with E-state index in [9.17, 15) is 8.78 Å². The molecule has 1 heterocycles. The molecule has 0 amide bonds. The Morgan fingerprint density at radius 3 is 2.63 bits per heavy atom. The van der Waals surface area contributed by atoms with Crippen molar-refractivity contribution in [2.24, 2.45) is 0 Å². The second kappa shape index (κ2) is 7.10. The van der Waals surface area contributed by atoms with Gasteiger partial charge in [-0.1, -0.05) is 30.8 Å². The van der Waals surface area contributed by atoms with Crippen molar-refractivity contribution in [1.29, 1.82) is 0 Å². The van der Waals surface area contributed by atoms with E-state index >= 15 is 0 Å². The minimum atomic E-state index is -2.37. The van der Waals surface area contributed by atoms with E-state index in [-0.39, 0.29) is 0 Å². The highest BCUT2D eigenvalue weighted by Gasteiger charge is 2.19. The molecule has 0 spiro atoms. The molecule has 19 heavy (non-hydrogen) atoms. The first-order valence-corrected chi connectivity index (χ1v) is 7.59. The van der Waals surface area contributed by atoms with E-state index in [0.29, 0.717) is 22.7 Å². The summed E-state index contributed by atoms with van der Waals surface area (Å²) < 4.78 is 25.0. The molecule has 0 aromatic heterocycles. The minimum absolute atomic E-state index is 0.391. The molecule has 2 nitrogen and oxygen atoms in total. The Kier molecular flexibility index (Phi) is 5.45. The first kappa shape index (κ1) is 14.6. The average Bonchev–Trinajstić information content (AvgIpc) is 2.41. The molecule has 0 atom stereocenters. The number of thioether (sulfide) groups is 1. The minimum Gasteiger partial charge on any atom is -0.381 e. The third-order valence-corrected chi connectivity index (χ3v) is 4.29. The van der Waals surface area contributed by atoms with E-state index in [4.69, 9.17) is 0 Å². The summed E-state index contributed by atoms with van der Waals surface area (Å²) in [5.41, 5.74) is 0.836. The normalized spacial score (nSPS) is 17.9. The molecule has 0 saturated carbocycles. The quantitative estimate of drug-likeness (QED) is 0.827. The van der Waals surface area contributed by atoms with Gasteiger partial charge in [-0.05, 0) is 31.5 Å². The van der Waals surface area contributed by atoms with E-state index in [1.807, 2.05) is 12.1 Å².